The Morgan fingerprint density at radius 3 is 2.35 bits per heavy atom. The summed E-state index contributed by atoms with van der Waals surface area (Å²) in [5, 5.41) is 0. The van der Waals surface area contributed by atoms with Gasteiger partial charge in [-0.15, -0.1) is 0 Å². The molecule has 3 rings (SSSR count). The quantitative estimate of drug-likeness (QED) is 0.848. The van der Waals surface area contributed by atoms with Gasteiger partial charge in [0.1, 0.15) is 0 Å². The zero-order valence-electron chi connectivity index (χ0n) is 15.6. The molecule has 1 saturated heterocycles. The number of amides is 2. The van der Waals surface area contributed by atoms with E-state index < -0.39 is 0 Å². The average Bonchev–Trinajstić information content (AvgIpc) is 2.92. The Morgan fingerprint density at radius 1 is 0.962 bits per heavy atom. The van der Waals surface area contributed by atoms with Crippen molar-refractivity contribution in [3.63, 3.8) is 0 Å². The number of hydrogen-bond donors (Lipinski definition) is 0. The lowest BCUT2D eigenvalue weighted by Crippen LogP contribution is -2.37. The van der Waals surface area contributed by atoms with Gasteiger partial charge < -0.3 is 14.4 Å². The summed E-state index contributed by atoms with van der Waals surface area (Å²) in [6, 6.07) is 10.2. The van der Waals surface area contributed by atoms with E-state index in [1.807, 2.05) is 39.9 Å². The highest BCUT2D eigenvalue weighted by Gasteiger charge is 2.23. The molecular formula is C21H27N3O2. The van der Waals surface area contributed by atoms with Crippen LogP contribution in [0.2, 0.25) is 0 Å². The number of rotatable bonds is 4. The van der Waals surface area contributed by atoms with Gasteiger partial charge in [-0.25, -0.2) is 0 Å². The van der Waals surface area contributed by atoms with Crippen LogP contribution in [0.3, 0.4) is 0 Å². The highest BCUT2D eigenvalue weighted by Crippen LogP contribution is 2.12. The van der Waals surface area contributed by atoms with Gasteiger partial charge >= 0.3 is 0 Å². The van der Waals surface area contributed by atoms with Crippen molar-refractivity contribution in [2.75, 3.05) is 26.2 Å². The summed E-state index contributed by atoms with van der Waals surface area (Å²) < 4.78 is 1.88. The monoisotopic (exact) mass is 353 g/mol. The third kappa shape index (κ3) is 4.54. The van der Waals surface area contributed by atoms with Crippen LogP contribution in [0, 0.1) is 6.92 Å². The first-order valence-electron chi connectivity index (χ1n) is 9.27. The first kappa shape index (κ1) is 18.2. The van der Waals surface area contributed by atoms with Gasteiger partial charge in [0.05, 0.1) is 5.56 Å². The van der Waals surface area contributed by atoms with Gasteiger partial charge in [-0.2, -0.15) is 0 Å². The molecule has 0 spiro atoms. The molecule has 0 N–H and O–H groups in total. The van der Waals surface area contributed by atoms with Crippen LogP contribution in [0.5, 0.6) is 0 Å². The summed E-state index contributed by atoms with van der Waals surface area (Å²) in [6.45, 7) is 4.71. The van der Waals surface area contributed by atoms with Crippen LogP contribution < -0.4 is 0 Å². The topological polar surface area (TPSA) is 45.6 Å². The van der Waals surface area contributed by atoms with Gasteiger partial charge in [-0.05, 0) is 31.4 Å². The lowest BCUT2D eigenvalue weighted by molar-refractivity contribution is -0.131. The Morgan fingerprint density at radius 2 is 1.65 bits per heavy atom. The van der Waals surface area contributed by atoms with Crippen LogP contribution in [0.1, 0.15) is 34.3 Å². The molecule has 138 valence electrons. The van der Waals surface area contributed by atoms with Crippen LogP contribution in [-0.2, 0) is 18.3 Å². The van der Waals surface area contributed by atoms with E-state index >= 15 is 0 Å². The minimum Gasteiger partial charge on any atom is -0.356 e. The summed E-state index contributed by atoms with van der Waals surface area (Å²) in [4.78, 5) is 28.9. The maximum atomic E-state index is 12.6. The average molecular weight is 353 g/mol. The van der Waals surface area contributed by atoms with Gasteiger partial charge in [0.15, 0.2) is 0 Å². The molecule has 0 saturated carbocycles. The molecule has 0 radical (unpaired) electrons. The van der Waals surface area contributed by atoms with Crippen molar-refractivity contribution >= 4 is 11.8 Å². The molecule has 5 nitrogen and oxygen atoms in total. The highest BCUT2D eigenvalue weighted by atomic mass is 16.2. The van der Waals surface area contributed by atoms with Crippen LogP contribution >= 0.6 is 0 Å². The molecule has 2 aromatic rings. The van der Waals surface area contributed by atoms with Crippen LogP contribution in [-0.4, -0.2) is 52.4 Å². The van der Waals surface area contributed by atoms with Crippen molar-refractivity contribution in [1.82, 2.24) is 14.4 Å². The van der Waals surface area contributed by atoms with Crippen LogP contribution in [0.15, 0.2) is 42.7 Å². The standard InChI is InChI=1S/C21H27N3O2/c1-17-4-6-18(7-5-17)8-9-20(25)23-11-3-12-24(15-14-23)21(26)19-10-13-22(2)16-19/h4-7,10,13,16H,3,8-9,11-12,14-15H2,1-2H3. The lowest BCUT2D eigenvalue weighted by atomic mass is 10.1. The first-order valence-corrected chi connectivity index (χ1v) is 9.27. The summed E-state index contributed by atoms with van der Waals surface area (Å²) in [7, 11) is 1.91. The fourth-order valence-electron chi connectivity index (χ4n) is 3.35. The van der Waals surface area contributed by atoms with Gasteiger partial charge in [0.25, 0.3) is 5.91 Å². The number of benzene rings is 1. The molecule has 1 aromatic heterocycles. The van der Waals surface area contributed by atoms with Crippen molar-refractivity contribution in [3.8, 4) is 0 Å². The predicted molar refractivity (Wildman–Crippen MR) is 102 cm³/mol. The second kappa shape index (κ2) is 8.21. The van der Waals surface area contributed by atoms with Crippen molar-refractivity contribution in [2.24, 2.45) is 7.05 Å². The molecule has 0 aliphatic carbocycles. The second-order valence-corrected chi connectivity index (χ2v) is 7.08. The largest absolute Gasteiger partial charge is 0.356 e. The SMILES string of the molecule is Cc1ccc(CCC(=O)N2CCCN(C(=O)c3ccn(C)c3)CC2)cc1. The van der Waals surface area contributed by atoms with E-state index in [1.54, 1.807) is 0 Å². The third-order valence-electron chi connectivity index (χ3n) is 4.96. The van der Waals surface area contributed by atoms with Crippen molar-refractivity contribution < 1.29 is 9.59 Å². The Balaban J connectivity index is 1.52. The van der Waals surface area contributed by atoms with E-state index in [2.05, 4.69) is 31.2 Å². The zero-order valence-corrected chi connectivity index (χ0v) is 15.6. The molecule has 1 aliphatic rings. The number of nitrogens with zero attached hydrogens (tertiary/aromatic N) is 3. The molecule has 5 heteroatoms. The summed E-state index contributed by atoms with van der Waals surface area (Å²) in [5.74, 6) is 0.235. The predicted octanol–water partition coefficient (Wildman–Crippen LogP) is 2.64. The lowest BCUT2D eigenvalue weighted by Gasteiger charge is -2.22. The molecule has 2 heterocycles. The van der Waals surface area contributed by atoms with Crippen LogP contribution in [0.25, 0.3) is 0 Å². The number of aryl methyl sites for hydroxylation is 3. The first-order chi connectivity index (χ1) is 12.5. The fourth-order valence-corrected chi connectivity index (χ4v) is 3.35. The molecule has 26 heavy (non-hydrogen) atoms. The maximum absolute atomic E-state index is 12.6. The molecule has 0 atom stereocenters. The van der Waals surface area contributed by atoms with Gasteiger partial charge in [-0.1, -0.05) is 29.8 Å². The van der Waals surface area contributed by atoms with E-state index in [1.165, 1.54) is 11.1 Å². The Kier molecular flexibility index (Phi) is 5.76. The molecular weight excluding hydrogens is 326 g/mol. The van der Waals surface area contributed by atoms with Crippen molar-refractivity contribution in [1.29, 1.82) is 0 Å². The van der Waals surface area contributed by atoms with E-state index in [0.29, 0.717) is 31.6 Å². The summed E-state index contributed by atoms with van der Waals surface area (Å²) >= 11 is 0. The molecule has 1 fully saturated rings. The fraction of sp³-hybridized carbons (Fsp3) is 0.429. The Bertz CT molecular complexity index is 764. The Hall–Kier alpha value is -2.56. The van der Waals surface area contributed by atoms with Gasteiger partial charge in [0.2, 0.25) is 5.91 Å². The summed E-state index contributed by atoms with van der Waals surface area (Å²) in [5.41, 5.74) is 3.14. The number of carbonyl (C=O) groups is 2. The number of carbonyl (C=O) groups excluding carboxylic acids is 2. The van der Waals surface area contributed by atoms with E-state index in [9.17, 15) is 9.59 Å². The normalized spacial score (nSPS) is 15.0. The van der Waals surface area contributed by atoms with E-state index in [-0.39, 0.29) is 11.8 Å². The molecule has 0 unspecified atom stereocenters. The highest BCUT2D eigenvalue weighted by molar-refractivity contribution is 5.94. The molecule has 1 aromatic carbocycles. The molecule has 0 bridgehead atoms. The number of hydrogen-bond acceptors (Lipinski definition) is 2. The van der Waals surface area contributed by atoms with Gasteiger partial charge in [0, 0.05) is 52.0 Å². The van der Waals surface area contributed by atoms with Crippen molar-refractivity contribution in [3.05, 3.63) is 59.4 Å². The van der Waals surface area contributed by atoms with Crippen LogP contribution in [0.4, 0.5) is 0 Å². The van der Waals surface area contributed by atoms with Gasteiger partial charge in [-0.3, -0.25) is 9.59 Å². The molecule has 1 aliphatic heterocycles. The minimum absolute atomic E-state index is 0.0551. The third-order valence-corrected chi connectivity index (χ3v) is 4.96. The smallest absolute Gasteiger partial charge is 0.255 e. The van der Waals surface area contributed by atoms with Crippen molar-refractivity contribution in [2.45, 2.75) is 26.2 Å². The van der Waals surface area contributed by atoms with E-state index in [0.717, 1.165) is 19.4 Å². The zero-order chi connectivity index (χ0) is 18.5. The summed E-state index contributed by atoms with van der Waals surface area (Å²) in [6.07, 6.45) is 5.84. The second-order valence-electron chi connectivity index (χ2n) is 7.08. The maximum Gasteiger partial charge on any atom is 0.255 e. The number of aromatic nitrogens is 1. The molecule has 2 amide bonds. The Labute approximate surface area is 155 Å². The van der Waals surface area contributed by atoms with E-state index in [4.69, 9.17) is 0 Å². The minimum atomic E-state index is 0.0551.